The molecule has 0 bridgehead atoms. The summed E-state index contributed by atoms with van der Waals surface area (Å²) in [6.45, 7) is 1.69. The van der Waals surface area contributed by atoms with E-state index in [2.05, 4.69) is 0 Å². The Balaban J connectivity index is 2.05. The van der Waals surface area contributed by atoms with Gasteiger partial charge in [0.15, 0.2) is 29.0 Å². The standard InChI is InChI=1S/C20H12F7NO3S/c1-10-2-4-12(5-3-10)32(29,30)28-16-7-6-13(21)17(24)19(16)31-18-14(22)8-11(9-15(18)23)20(25,26)27/h2-9,28H,1H3. The Bertz CT molecular complexity index is 1250. The molecule has 3 rings (SSSR count). The Morgan fingerprint density at radius 2 is 1.38 bits per heavy atom. The number of halogens is 7. The first-order chi connectivity index (χ1) is 14.8. The van der Waals surface area contributed by atoms with Crippen LogP contribution in [-0.2, 0) is 16.2 Å². The fraction of sp³-hybridized carbons (Fsp3) is 0.100. The summed E-state index contributed by atoms with van der Waals surface area (Å²) in [6.07, 6.45) is -5.08. The zero-order valence-corrected chi connectivity index (χ0v) is 16.7. The third-order valence-corrected chi connectivity index (χ3v) is 5.54. The molecule has 12 heteroatoms. The first-order valence-corrected chi connectivity index (χ1v) is 10.1. The minimum absolute atomic E-state index is 0.105. The van der Waals surface area contributed by atoms with Crippen molar-refractivity contribution in [1.82, 2.24) is 0 Å². The summed E-state index contributed by atoms with van der Waals surface area (Å²) >= 11 is 0. The number of alkyl halides is 3. The van der Waals surface area contributed by atoms with Crippen LogP contribution in [0, 0.1) is 30.2 Å². The van der Waals surface area contributed by atoms with E-state index in [-0.39, 0.29) is 17.0 Å². The highest BCUT2D eigenvalue weighted by atomic mass is 32.2. The van der Waals surface area contributed by atoms with E-state index in [1.165, 1.54) is 24.3 Å². The Hall–Kier alpha value is -3.28. The molecular weight excluding hydrogens is 467 g/mol. The van der Waals surface area contributed by atoms with Crippen LogP contribution >= 0.6 is 0 Å². The van der Waals surface area contributed by atoms with Gasteiger partial charge in [-0.2, -0.15) is 17.6 Å². The van der Waals surface area contributed by atoms with Crippen molar-refractivity contribution >= 4 is 15.7 Å². The van der Waals surface area contributed by atoms with Crippen molar-refractivity contribution < 1.29 is 43.9 Å². The first-order valence-electron chi connectivity index (χ1n) is 8.61. The van der Waals surface area contributed by atoms with Crippen molar-refractivity contribution in [3.63, 3.8) is 0 Å². The minimum Gasteiger partial charge on any atom is -0.446 e. The van der Waals surface area contributed by atoms with E-state index in [1.807, 2.05) is 4.72 Å². The van der Waals surface area contributed by atoms with E-state index >= 15 is 0 Å². The smallest absolute Gasteiger partial charge is 0.416 e. The average Bonchev–Trinajstić information content (AvgIpc) is 2.68. The first kappa shape index (κ1) is 23.4. The Kier molecular flexibility index (Phi) is 6.09. The molecule has 0 aliphatic carbocycles. The molecule has 0 saturated carbocycles. The van der Waals surface area contributed by atoms with E-state index in [4.69, 9.17) is 4.74 Å². The number of aryl methyl sites for hydroxylation is 1. The summed E-state index contributed by atoms with van der Waals surface area (Å²) in [5.74, 6) is -9.89. The molecule has 0 fully saturated rings. The molecular formula is C20H12F7NO3S. The molecule has 0 saturated heterocycles. The SMILES string of the molecule is Cc1ccc(S(=O)(=O)Nc2ccc(F)c(F)c2Oc2c(F)cc(C(F)(F)F)cc2F)cc1. The van der Waals surface area contributed by atoms with Crippen molar-refractivity contribution in [2.75, 3.05) is 4.72 Å². The molecule has 0 radical (unpaired) electrons. The number of sulfonamides is 1. The van der Waals surface area contributed by atoms with E-state index in [1.54, 1.807) is 6.92 Å². The van der Waals surface area contributed by atoms with Crippen LogP contribution < -0.4 is 9.46 Å². The molecule has 32 heavy (non-hydrogen) atoms. The minimum atomic E-state index is -5.08. The van der Waals surface area contributed by atoms with Gasteiger partial charge in [0.1, 0.15) is 0 Å². The predicted molar refractivity (Wildman–Crippen MR) is 99.8 cm³/mol. The van der Waals surface area contributed by atoms with Gasteiger partial charge < -0.3 is 4.74 Å². The van der Waals surface area contributed by atoms with Gasteiger partial charge in [-0.1, -0.05) is 17.7 Å². The van der Waals surface area contributed by atoms with Crippen LogP contribution in [0.4, 0.5) is 36.4 Å². The Morgan fingerprint density at radius 3 is 1.91 bits per heavy atom. The zero-order valence-electron chi connectivity index (χ0n) is 15.9. The van der Waals surface area contributed by atoms with Crippen LogP contribution in [0.1, 0.15) is 11.1 Å². The molecule has 1 N–H and O–H groups in total. The van der Waals surface area contributed by atoms with Gasteiger partial charge in [0.25, 0.3) is 10.0 Å². The topological polar surface area (TPSA) is 55.4 Å². The summed E-state index contributed by atoms with van der Waals surface area (Å²) < 4.78 is 126. The summed E-state index contributed by atoms with van der Waals surface area (Å²) in [6, 6.07) is 6.39. The second-order valence-electron chi connectivity index (χ2n) is 6.53. The van der Waals surface area contributed by atoms with Crippen molar-refractivity contribution in [1.29, 1.82) is 0 Å². The van der Waals surface area contributed by atoms with E-state index in [0.717, 1.165) is 11.6 Å². The lowest BCUT2D eigenvalue weighted by Gasteiger charge is -2.16. The van der Waals surface area contributed by atoms with Gasteiger partial charge in [-0.15, -0.1) is 0 Å². The van der Waals surface area contributed by atoms with Crippen LogP contribution in [0.2, 0.25) is 0 Å². The Labute approximate surface area is 177 Å². The highest BCUT2D eigenvalue weighted by Crippen LogP contribution is 2.39. The molecule has 170 valence electrons. The third-order valence-electron chi connectivity index (χ3n) is 4.16. The summed E-state index contributed by atoms with van der Waals surface area (Å²) in [7, 11) is -4.38. The largest absolute Gasteiger partial charge is 0.446 e. The molecule has 3 aromatic carbocycles. The lowest BCUT2D eigenvalue weighted by molar-refractivity contribution is -0.138. The zero-order chi connectivity index (χ0) is 23.8. The van der Waals surface area contributed by atoms with Gasteiger partial charge in [-0.05, 0) is 43.3 Å². The van der Waals surface area contributed by atoms with Crippen LogP contribution in [0.5, 0.6) is 11.5 Å². The molecule has 0 aromatic heterocycles. The lowest BCUT2D eigenvalue weighted by Crippen LogP contribution is -2.14. The van der Waals surface area contributed by atoms with Crippen molar-refractivity contribution in [2.24, 2.45) is 0 Å². The summed E-state index contributed by atoms with van der Waals surface area (Å²) in [4.78, 5) is -0.273. The number of nitrogens with one attached hydrogen (secondary N) is 1. The van der Waals surface area contributed by atoms with Crippen LogP contribution in [-0.4, -0.2) is 8.42 Å². The maximum atomic E-state index is 14.4. The third kappa shape index (κ3) is 4.79. The predicted octanol–water partition coefficient (Wildman–Crippen LogP) is 6.16. The Morgan fingerprint density at radius 1 is 0.812 bits per heavy atom. The van der Waals surface area contributed by atoms with Gasteiger partial charge in [0.2, 0.25) is 5.82 Å². The van der Waals surface area contributed by atoms with E-state index in [9.17, 15) is 39.2 Å². The molecule has 0 aliphatic rings. The van der Waals surface area contributed by atoms with Crippen molar-refractivity contribution in [2.45, 2.75) is 18.0 Å². The average molecular weight is 479 g/mol. The van der Waals surface area contributed by atoms with Crippen molar-refractivity contribution in [3.05, 3.63) is 82.9 Å². The second kappa shape index (κ2) is 8.34. The molecule has 0 amide bonds. The maximum absolute atomic E-state index is 14.4. The van der Waals surface area contributed by atoms with Gasteiger partial charge in [0, 0.05) is 0 Å². The van der Waals surface area contributed by atoms with Gasteiger partial charge in [-0.3, -0.25) is 4.72 Å². The number of hydrogen-bond donors (Lipinski definition) is 1. The maximum Gasteiger partial charge on any atom is 0.416 e. The van der Waals surface area contributed by atoms with Crippen LogP contribution in [0.15, 0.2) is 53.4 Å². The normalized spacial score (nSPS) is 12.0. The summed E-state index contributed by atoms with van der Waals surface area (Å²) in [5.41, 5.74) is -1.70. The lowest BCUT2D eigenvalue weighted by atomic mass is 10.2. The number of rotatable bonds is 5. The van der Waals surface area contributed by atoms with Gasteiger partial charge >= 0.3 is 6.18 Å². The number of benzene rings is 3. The monoisotopic (exact) mass is 479 g/mol. The van der Waals surface area contributed by atoms with Crippen molar-refractivity contribution in [3.8, 4) is 11.5 Å². The number of ether oxygens (including phenoxy) is 1. The molecule has 4 nitrogen and oxygen atoms in total. The molecule has 0 aliphatic heterocycles. The molecule has 3 aromatic rings. The van der Waals surface area contributed by atoms with E-state index < -0.39 is 62.2 Å². The molecule has 0 spiro atoms. The molecule has 0 heterocycles. The highest BCUT2D eigenvalue weighted by Gasteiger charge is 2.33. The van der Waals surface area contributed by atoms with Gasteiger partial charge in [0.05, 0.1) is 16.1 Å². The van der Waals surface area contributed by atoms with Gasteiger partial charge in [-0.25, -0.2) is 21.6 Å². The fourth-order valence-corrected chi connectivity index (χ4v) is 3.62. The second-order valence-corrected chi connectivity index (χ2v) is 8.21. The van der Waals surface area contributed by atoms with Crippen LogP contribution in [0.25, 0.3) is 0 Å². The number of anilines is 1. The number of hydrogen-bond acceptors (Lipinski definition) is 3. The highest BCUT2D eigenvalue weighted by molar-refractivity contribution is 7.92. The van der Waals surface area contributed by atoms with E-state index in [0.29, 0.717) is 6.07 Å². The van der Waals surface area contributed by atoms with Crippen LogP contribution in [0.3, 0.4) is 0 Å². The quantitative estimate of drug-likeness (QED) is 0.446. The molecule has 0 atom stereocenters. The fourth-order valence-electron chi connectivity index (χ4n) is 2.56. The molecule has 0 unspecified atom stereocenters. The summed E-state index contributed by atoms with van der Waals surface area (Å²) in [5, 5.41) is 0.